The Kier molecular flexibility index (Phi) is 4.33. The highest BCUT2D eigenvalue weighted by molar-refractivity contribution is 7.90. The lowest BCUT2D eigenvalue weighted by atomic mass is 10.1. The van der Waals surface area contributed by atoms with Crippen molar-refractivity contribution >= 4 is 20.9 Å². The van der Waals surface area contributed by atoms with E-state index in [0.29, 0.717) is 12.2 Å². The van der Waals surface area contributed by atoms with Crippen molar-refractivity contribution in [1.29, 1.82) is 0 Å². The standard InChI is InChI=1S/C20H19N3O3S/c1-15-6-8-16(9-7-15)27(24,25)23-11-10-18-17(4-3-5-20(18)23)19-12-22(13-21-19)14-26-2/h3-13H,14H2,1-2H3. The van der Waals surface area contributed by atoms with Gasteiger partial charge in [0.15, 0.2) is 0 Å². The molecule has 2 aromatic heterocycles. The summed E-state index contributed by atoms with van der Waals surface area (Å²) in [6, 6.07) is 14.2. The molecule has 2 heterocycles. The van der Waals surface area contributed by atoms with Crippen LogP contribution in [0.2, 0.25) is 0 Å². The summed E-state index contributed by atoms with van der Waals surface area (Å²) in [5, 5.41) is 0.829. The summed E-state index contributed by atoms with van der Waals surface area (Å²) in [6.45, 7) is 2.34. The van der Waals surface area contributed by atoms with Gasteiger partial charge in [-0.2, -0.15) is 0 Å². The molecular weight excluding hydrogens is 362 g/mol. The average molecular weight is 381 g/mol. The zero-order chi connectivity index (χ0) is 19.0. The first-order valence-corrected chi connectivity index (χ1v) is 9.88. The molecule has 138 valence electrons. The van der Waals surface area contributed by atoms with Crippen molar-refractivity contribution in [2.75, 3.05) is 7.11 Å². The monoisotopic (exact) mass is 381 g/mol. The fourth-order valence-electron chi connectivity index (χ4n) is 3.12. The molecule has 0 fully saturated rings. The van der Waals surface area contributed by atoms with Crippen LogP contribution in [0.1, 0.15) is 5.56 Å². The molecule has 27 heavy (non-hydrogen) atoms. The number of hydrogen-bond acceptors (Lipinski definition) is 4. The number of aromatic nitrogens is 3. The van der Waals surface area contributed by atoms with Gasteiger partial charge in [-0.3, -0.25) is 0 Å². The smallest absolute Gasteiger partial charge is 0.268 e. The Morgan fingerprint density at radius 2 is 1.85 bits per heavy atom. The van der Waals surface area contributed by atoms with Gasteiger partial charge < -0.3 is 9.30 Å². The predicted octanol–water partition coefficient (Wildman–Crippen LogP) is 3.65. The van der Waals surface area contributed by atoms with Gasteiger partial charge >= 0.3 is 0 Å². The van der Waals surface area contributed by atoms with Gasteiger partial charge in [-0.15, -0.1) is 0 Å². The molecule has 6 nitrogen and oxygen atoms in total. The Morgan fingerprint density at radius 1 is 1.07 bits per heavy atom. The zero-order valence-corrected chi connectivity index (χ0v) is 15.8. The lowest BCUT2D eigenvalue weighted by Crippen LogP contribution is -2.11. The van der Waals surface area contributed by atoms with Crippen molar-refractivity contribution in [3.05, 3.63) is 72.8 Å². The number of rotatable bonds is 5. The van der Waals surface area contributed by atoms with Crippen LogP contribution in [0.15, 0.2) is 72.1 Å². The van der Waals surface area contributed by atoms with Crippen LogP contribution >= 0.6 is 0 Å². The Hall–Kier alpha value is -2.90. The number of nitrogens with zero attached hydrogens (tertiary/aromatic N) is 3. The first kappa shape index (κ1) is 17.5. The lowest BCUT2D eigenvalue weighted by Gasteiger charge is -2.08. The highest BCUT2D eigenvalue weighted by Gasteiger charge is 2.20. The van der Waals surface area contributed by atoms with E-state index in [1.54, 1.807) is 50.0 Å². The zero-order valence-electron chi connectivity index (χ0n) is 15.0. The van der Waals surface area contributed by atoms with Gasteiger partial charge in [-0.1, -0.05) is 29.8 Å². The molecule has 0 bridgehead atoms. The molecule has 7 heteroatoms. The molecule has 0 aliphatic heterocycles. The number of methoxy groups -OCH3 is 1. The number of ether oxygens (including phenoxy) is 1. The van der Waals surface area contributed by atoms with Crippen LogP contribution in [-0.4, -0.2) is 29.1 Å². The summed E-state index contributed by atoms with van der Waals surface area (Å²) in [5.41, 5.74) is 3.28. The summed E-state index contributed by atoms with van der Waals surface area (Å²) in [7, 11) is -2.05. The molecule has 0 spiro atoms. The van der Waals surface area contributed by atoms with E-state index < -0.39 is 10.0 Å². The molecule has 0 aliphatic carbocycles. The quantitative estimate of drug-likeness (QED) is 0.529. The first-order valence-electron chi connectivity index (χ1n) is 8.44. The van der Waals surface area contributed by atoms with Gasteiger partial charge in [-0.05, 0) is 31.2 Å². The fourth-order valence-corrected chi connectivity index (χ4v) is 4.46. The van der Waals surface area contributed by atoms with Crippen molar-refractivity contribution in [1.82, 2.24) is 13.5 Å². The molecule has 0 unspecified atom stereocenters. The maximum atomic E-state index is 13.1. The first-order chi connectivity index (χ1) is 13.0. The fraction of sp³-hybridized carbons (Fsp3) is 0.150. The Labute approximate surface area is 157 Å². The summed E-state index contributed by atoms with van der Waals surface area (Å²) in [6.07, 6.45) is 5.16. The van der Waals surface area contributed by atoms with Crippen LogP contribution in [-0.2, 0) is 21.5 Å². The maximum Gasteiger partial charge on any atom is 0.268 e. The molecular formula is C20H19N3O3S. The third kappa shape index (κ3) is 3.05. The lowest BCUT2D eigenvalue weighted by molar-refractivity contribution is 0.131. The second kappa shape index (κ2) is 6.68. The normalized spacial score (nSPS) is 11.9. The molecule has 0 saturated carbocycles. The number of imidazole rings is 1. The molecule has 0 atom stereocenters. The summed E-state index contributed by atoms with van der Waals surface area (Å²) >= 11 is 0. The van der Waals surface area contributed by atoms with Crippen molar-refractivity contribution < 1.29 is 13.2 Å². The summed E-state index contributed by atoms with van der Waals surface area (Å²) < 4.78 is 34.4. The van der Waals surface area contributed by atoms with Crippen LogP contribution in [0, 0.1) is 6.92 Å². The predicted molar refractivity (Wildman–Crippen MR) is 104 cm³/mol. The molecule has 2 aromatic carbocycles. The van der Waals surface area contributed by atoms with Crippen LogP contribution in [0.3, 0.4) is 0 Å². The Balaban J connectivity index is 1.84. The third-order valence-corrected chi connectivity index (χ3v) is 6.17. The topological polar surface area (TPSA) is 66.1 Å². The Morgan fingerprint density at radius 3 is 2.59 bits per heavy atom. The number of aryl methyl sites for hydroxylation is 1. The minimum atomic E-state index is -3.67. The minimum absolute atomic E-state index is 0.264. The van der Waals surface area contributed by atoms with E-state index >= 15 is 0 Å². The van der Waals surface area contributed by atoms with Crippen LogP contribution < -0.4 is 0 Å². The van der Waals surface area contributed by atoms with Crippen molar-refractivity contribution in [2.45, 2.75) is 18.6 Å². The molecule has 0 radical (unpaired) electrons. The SMILES string of the molecule is COCn1cnc(-c2cccc3c2ccn3S(=O)(=O)c2ccc(C)cc2)c1. The number of fused-ring (bicyclic) bond motifs is 1. The third-order valence-electron chi connectivity index (χ3n) is 4.46. The highest BCUT2D eigenvalue weighted by Crippen LogP contribution is 2.30. The molecule has 0 amide bonds. The van der Waals surface area contributed by atoms with Crippen molar-refractivity contribution in [3.8, 4) is 11.3 Å². The van der Waals surface area contributed by atoms with Crippen LogP contribution in [0.25, 0.3) is 22.2 Å². The van der Waals surface area contributed by atoms with E-state index in [0.717, 1.165) is 22.2 Å². The second-order valence-corrected chi connectivity index (χ2v) is 8.17. The molecule has 0 saturated heterocycles. The molecule has 0 aliphatic rings. The van der Waals surface area contributed by atoms with Gasteiger partial charge in [0, 0.05) is 30.5 Å². The van der Waals surface area contributed by atoms with E-state index in [1.807, 2.05) is 35.9 Å². The van der Waals surface area contributed by atoms with E-state index in [2.05, 4.69) is 4.98 Å². The van der Waals surface area contributed by atoms with Crippen LogP contribution in [0.5, 0.6) is 0 Å². The molecule has 0 N–H and O–H groups in total. The van der Waals surface area contributed by atoms with E-state index in [-0.39, 0.29) is 4.90 Å². The van der Waals surface area contributed by atoms with Gasteiger partial charge in [-0.25, -0.2) is 17.4 Å². The Bertz CT molecular complexity index is 1200. The van der Waals surface area contributed by atoms with E-state index in [1.165, 1.54) is 3.97 Å². The van der Waals surface area contributed by atoms with Crippen molar-refractivity contribution in [3.63, 3.8) is 0 Å². The highest BCUT2D eigenvalue weighted by atomic mass is 32.2. The van der Waals surface area contributed by atoms with E-state index in [9.17, 15) is 8.42 Å². The van der Waals surface area contributed by atoms with Gasteiger partial charge in [0.1, 0.15) is 6.73 Å². The molecule has 4 aromatic rings. The van der Waals surface area contributed by atoms with Crippen molar-refractivity contribution in [2.24, 2.45) is 0 Å². The minimum Gasteiger partial charge on any atom is -0.364 e. The summed E-state index contributed by atoms with van der Waals surface area (Å²) in [4.78, 5) is 4.68. The number of hydrogen-bond donors (Lipinski definition) is 0. The largest absolute Gasteiger partial charge is 0.364 e. The maximum absolute atomic E-state index is 13.1. The van der Waals surface area contributed by atoms with Gasteiger partial charge in [0.25, 0.3) is 10.0 Å². The summed E-state index contributed by atoms with van der Waals surface area (Å²) in [5.74, 6) is 0. The van der Waals surface area contributed by atoms with Gasteiger partial charge in [0.05, 0.1) is 22.4 Å². The van der Waals surface area contributed by atoms with Crippen LogP contribution in [0.4, 0.5) is 0 Å². The second-order valence-electron chi connectivity index (χ2n) is 6.36. The van der Waals surface area contributed by atoms with E-state index in [4.69, 9.17) is 4.74 Å². The average Bonchev–Trinajstić information content (AvgIpc) is 3.29. The molecule has 4 rings (SSSR count). The van der Waals surface area contributed by atoms with Gasteiger partial charge in [0.2, 0.25) is 0 Å². The number of benzene rings is 2.